The first-order valence-corrected chi connectivity index (χ1v) is 14.0. The average molecular weight is 540 g/mol. The first kappa shape index (κ1) is 26.4. The van der Waals surface area contributed by atoms with E-state index in [4.69, 9.17) is 4.74 Å². The Kier molecular flexibility index (Phi) is 6.22. The van der Waals surface area contributed by atoms with Crippen LogP contribution in [0, 0.1) is 12.3 Å². The highest BCUT2D eigenvalue weighted by Crippen LogP contribution is 2.47. The van der Waals surface area contributed by atoms with Crippen LogP contribution in [0.1, 0.15) is 79.6 Å². The second-order valence-electron chi connectivity index (χ2n) is 12.5. The topological polar surface area (TPSA) is 93.4 Å². The summed E-state index contributed by atoms with van der Waals surface area (Å²) >= 11 is 0. The number of nitrogens with zero attached hydrogens (tertiary/aromatic N) is 5. The van der Waals surface area contributed by atoms with E-state index in [9.17, 15) is 9.90 Å². The Morgan fingerprint density at radius 1 is 1.20 bits per heavy atom. The fourth-order valence-corrected chi connectivity index (χ4v) is 6.75. The normalized spacial score (nSPS) is 19.5. The fraction of sp³-hybridized carbons (Fsp3) is 0.438. The monoisotopic (exact) mass is 539 g/mol. The number of aliphatic carboxylic acids is 1. The van der Waals surface area contributed by atoms with Gasteiger partial charge in [0.1, 0.15) is 16.9 Å². The van der Waals surface area contributed by atoms with Crippen LogP contribution in [0.25, 0.3) is 11.0 Å². The van der Waals surface area contributed by atoms with Crippen molar-refractivity contribution in [1.29, 1.82) is 0 Å². The van der Waals surface area contributed by atoms with Crippen molar-refractivity contribution in [3.05, 3.63) is 82.2 Å². The first-order chi connectivity index (χ1) is 19.0. The molecular formula is C32H37N5O3. The van der Waals surface area contributed by atoms with Crippen LogP contribution in [0.15, 0.2) is 48.7 Å². The minimum atomic E-state index is -1.05. The molecule has 0 amide bonds. The van der Waals surface area contributed by atoms with Crippen molar-refractivity contribution in [2.75, 3.05) is 6.54 Å². The van der Waals surface area contributed by atoms with Crippen LogP contribution < -0.4 is 4.74 Å². The Morgan fingerprint density at radius 2 is 2.00 bits per heavy atom. The Morgan fingerprint density at radius 3 is 2.77 bits per heavy atom. The van der Waals surface area contributed by atoms with E-state index in [1.807, 2.05) is 52.2 Å². The summed E-state index contributed by atoms with van der Waals surface area (Å²) in [5.41, 5.74) is 6.82. The van der Waals surface area contributed by atoms with Gasteiger partial charge in [-0.2, -0.15) is 0 Å². The van der Waals surface area contributed by atoms with Crippen molar-refractivity contribution in [2.24, 2.45) is 12.5 Å². The van der Waals surface area contributed by atoms with E-state index in [0.717, 1.165) is 58.6 Å². The number of carboxylic acids is 1. The summed E-state index contributed by atoms with van der Waals surface area (Å²) in [5, 5.41) is 19.0. The smallest absolute Gasteiger partial charge is 0.310 e. The van der Waals surface area contributed by atoms with Crippen LogP contribution in [-0.2, 0) is 24.8 Å². The van der Waals surface area contributed by atoms with E-state index in [1.165, 1.54) is 11.1 Å². The number of carbonyl (C=O) groups is 1. The summed E-state index contributed by atoms with van der Waals surface area (Å²) in [5.74, 6) is -0.350. The minimum absolute atomic E-state index is 0.197. The molecule has 0 fully saturated rings. The number of rotatable bonds is 5. The summed E-state index contributed by atoms with van der Waals surface area (Å²) in [6, 6.07) is 14.8. The lowest BCUT2D eigenvalue weighted by atomic mass is 9.69. The van der Waals surface area contributed by atoms with E-state index in [1.54, 1.807) is 4.68 Å². The number of hydrogen-bond acceptors (Lipinski definition) is 6. The van der Waals surface area contributed by atoms with Gasteiger partial charge in [-0.3, -0.25) is 14.7 Å². The van der Waals surface area contributed by atoms with Gasteiger partial charge >= 0.3 is 5.97 Å². The van der Waals surface area contributed by atoms with Gasteiger partial charge in [0.05, 0.1) is 16.6 Å². The summed E-state index contributed by atoms with van der Waals surface area (Å²) in [7, 11) is 1.87. The average Bonchev–Trinajstić information content (AvgIpc) is 3.45. The van der Waals surface area contributed by atoms with Gasteiger partial charge in [-0.25, -0.2) is 4.68 Å². The van der Waals surface area contributed by atoms with Crippen LogP contribution in [0.4, 0.5) is 0 Å². The second kappa shape index (κ2) is 9.41. The molecule has 0 saturated heterocycles. The van der Waals surface area contributed by atoms with Crippen molar-refractivity contribution in [1.82, 2.24) is 24.9 Å². The zero-order valence-electron chi connectivity index (χ0n) is 24.1. The van der Waals surface area contributed by atoms with Gasteiger partial charge in [-0.05, 0) is 93.5 Å². The molecule has 6 rings (SSSR count). The van der Waals surface area contributed by atoms with Crippen LogP contribution >= 0.6 is 0 Å². The second-order valence-corrected chi connectivity index (χ2v) is 12.5. The summed E-state index contributed by atoms with van der Waals surface area (Å²) in [6.45, 7) is 11.4. The third kappa shape index (κ3) is 4.35. The molecule has 2 aromatic heterocycles. The van der Waals surface area contributed by atoms with Gasteiger partial charge in [-0.15, -0.1) is 5.10 Å². The lowest BCUT2D eigenvalue weighted by Crippen LogP contribution is -2.41. The molecule has 2 aromatic carbocycles. The number of ether oxygens (including phenoxy) is 1. The van der Waals surface area contributed by atoms with E-state index in [-0.39, 0.29) is 17.6 Å². The van der Waals surface area contributed by atoms with Gasteiger partial charge in [-0.1, -0.05) is 29.5 Å². The molecule has 0 radical (unpaired) electrons. The molecule has 0 saturated carbocycles. The van der Waals surface area contributed by atoms with Crippen molar-refractivity contribution < 1.29 is 14.6 Å². The number of aromatic nitrogens is 4. The minimum Gasteiger partial charge on any atom is -0.485 e. The molecule has 0 bridgehead atoms. The molecule has 1 N–H and O–H groups in total. The predicted octanol–water partition coefficient (Wildman–Crippen LogP) is 5.57. The number of fused-ring (bicyclic) bond motifs is 3. The zero-order chi connectivity index (χ0) is 28.4. The fourth-order valence-electron chi connectivity index (χ4n) is 6.75. The highest BCUT2D eigenvalue weighted by atomic mass is 16.5. The van der Waals surface area contributed by atoms with E-state index >= 15 is 0 Å². The highest BCUT2D eigenvalue weighted by molar-refractivity contribution is 5.81. The highest BCUT2D eigenvalue weighted by Gasteiger charge is 2.42. The van der Waals surface area contributed by atoms with Gasteiger partial charge < -0.3 is 9.84 Å². The van der Waals surface area contributed by atoms with Crippen molar-refractivity contribution in [2.45, 2.75) is 71.6 Å². The van der Waals surface area contributed by atoms with Crippen molar-refractivity contribution >= 4 is 17.0 Å². The van der Waals surface area contributed by atoms with Crippen LogP contribution in [0.2, 0.25) is 0 Å². The lowest BCUT2D eigenvalue weighted by Gasteiger charge is -2.35. The molecule has 2 atom stereocenters. The molecule has 0 spiro atoms. The van der Waals surface area contributed by atoms with Crippen LogP contribution in [0.3, 0.4) is 0 Å². The van der Waals surface area contributed by atoms with Gasteiger partial charge in [0, 0.05) is 38.3 Å². The molecule has 2 aliphatic rings. The standard InChI is InChI=1S/C32H37N5O3/c1-19-22(12-14-26-29(19)34-35-36(26)6)28(32(4,5)30(38)39)21-10-9-20-11-13-25(23(20)16-21)37-17-24-27(8-7-15-33-24)40-31(2,3)18-37/h7-10,12,14-16,25,28H,11,13,17-18H2,1-6H3,(H,38,39)/t25-,28-/m1/s1. The molecule has 3 heterocycles. The van der Waals surface area contributed by atoms with Crippen LogP contribution in [-0.4, -0.2) is 48.1 Å². The van der Waals surface area contributed by atoms with Gasteiger partial charge in [0.2, 0.25) is 0 Å². The Balaban J connectivity index is 1.45. The maximum Gasteiger partial charge on any atom is 0.310 e. The number of aryl methyl sites for hydroxylation is 3. The summed E-state index contributed by atoms with van der Waals surface area (Å²) < 4.78 is 8.13. The first-order valence-electron chi connectivity index (χ1n) is 14.0. The van der Waals surface area contributed by atoms with E-state index < -0.39 is 11.4 Å². The molecule has 1 aliphatic carbocycles. The number of benzene rings is 2. The maximum absolute atomic E-state index is 12.7. The van der Waals surface area contributed by atoms with Gasteiger partial charge in [0.15, 0.2) is 0 Å². The molecule has 40 heavy (non-hydrogen) atoms. The number of hydrogen-bond donors (Lipinski definition) is 1. The molecule has 1 aliphatic heterocycles. The maximum atomic E-state index is 12.7. The van der Waals surface area contributed by atoms with Gasteiger partial charge in [0.25, 0.3) is 0 Å². The molecule has 4 aromatic rings. The Hall–Kier alpha value is -3.78. The lowest BCUT2D eigenvalue weighted by molar-refractivity contribution is -0.147. The summed E-state index contributed by atoms with van der Waals surface area (Å²) in [6.07, 6.45) is 3.83. The van der Waals surface area contributed by atoms with E-state index in [0.29, 0.717) is 6.54 Å². The van der Waals surface area contributed by atoms with E-state index in [2.05, 4.69) is 58.3 Å². The third-order valence-corrected chi connectivity index (χ3v) is 8.82. The zero-order valence-corrected chi connectivity index (χ0v) is 24.1. The third-order valence-electron chi connectivity index (χ3n) is 8.82. The molecule has 8 heteroatoms. The largest absolute Gasteiger partial charge is 0.485 e. The predicted molar refractivity (Wildman–Crippen MR) is 153 cm³/mol. The SMILES string of the molecule is Cc1c([C@@H](c2ccc3c(c2)[C@H](N2Cc4ncccc4OC(C)(C)C2)CC3)C(C)(C)C(=O)O)ccc2c1nnn2C. The molecule has 208 valence electrons. The summed E-state index contributed by atoms with van der Waals surface area (Å²) in [4.78, 5) is 19.8. The number of carboxylic acid groups (broad SMARTS) is 1. The Labute approximate surface area is 235 Å². The van der Waals surface area contributed by atoms with Crippen LogP contribution in [0.5, 0.6) is 5.75 Å². The molecule has 8 nitrogen and oxygen atoms in total. The quantitative estimate of drug-likeness (QED) is 0.354. The molecule has 0 unspecified atom stereocenters. The molecular weight excluding hydrogens is 502 g/mol. The van der Waals surface area contributed by atoms with Crippen molar-refractivity contribution in [3.8, 4) is 5.75 Å². The van der Waals surface area contributed by atoms with Crippen molar-refractivity contribution in [3.63, 3.8) is 0 Å². The Bertz CT molecular complexity index is 1620. The number of pyridine rings is 1.